The molecule has 1 aromatic heterocycles. The Hall–Kier alpha value is -3.52. The van der Waals surface area contributed by atoms with Gasteiger partial charge >= 0.3 is 0 Å². The molecular formula is C28H29N3O5. The number of hydrogen-bond donors (Lipinski definition) is 1. The molecule has 2 bridgehead atoms. The number of benzene rings is 2. The second kappa shape index (κ2) is 8.55. The minimum absolute atomic E-state index is 0.103. The normalized spacial score (nSPS) is 25.1. The Bertz CT molecular complexity index is 1280. The number of carbonyl (C=O) groups excluding carboxylic acids is 3. The summed E-state index contributed by atoms with van der Waals surface area (Å²) in [4.78, 5) is 44.5. The number of carbonyl (C=O) groups is 3. The molecule has 3 fully saturated rings. The number of likely N-dealkylation sites (tertiary alicyclic amines) is 1. The number of anilines is 1. The summed E-state index contributed by atoms with van der Waals surface area (Å²) in [6.07, 6.45) is 2.34. The summed E-state index contributed by atoms with van der Waals surface area (Å²) in [5.41, 5.74) is 2.67. The van der Waals surface area contributed by atoms with E-state index in [9.17, 15) is 14.4 Å². The van der Waals surface area contributed by atoms with Crippen LogP contribution in [0.5, 0.6) is 0 Å². The topological polar surface area (TPSA) is 102 Å². The van der Waals surface area contributed by atoms with E-state index in [4.69, 9.17) is 9.15 Å². The molecule has 6 rings (SSSR count). The van der Waals surface area contributed by atoms with Crippen LogP contribution in [-0.2, 0) is 19.1 Å². The zero-order chi connectivity index (χ0) is 25.0. The smallest absolute Gasteiger partial charge is 0.235 e. The monoisotopic (exact) mass is 487 g/mol. The number of fused-ring (bicyclic) bond motifs is 6. The van der Waals surface area contributed by atoms with E-state index in [1.165, 1.54) is 4.90 Å². The fourth-order valence-corrected chi connectivity index (χ4v) is 5.80. The van der Waals surface area contributed by atoms with Crippen LogP contribution < -0.4 is 5.32 Å². The van der Waals surface area contributed by atoms with E-state index in [1.807, 2.05) is 62.4 Å². The lowest BCUT2D eigenvalue weighted by Gasteiger charge is -2.30. The quantitative estimate of drug-likeness (QED) is 0.496. The molecule has 0 saturated carbocycles. The van der Waals surface area contributed by atoms with Gasteiger partial charge in [-0.05, 0) is 61.1 Å². The number of para-hydroxylation sites is 2. The SMILES string of the molecule is CC(C)(CCC(=O)Nc1ccc(-c2nc3ccccc3o2)cc1)CN1C(=O)C2C3CCC(O3)C2C1=O. The summed E-state index contributed by atoms with van der Waals surface area (Å²) >= 11 is 0. The van der Waals surface area contributed by atoms with Gasteiger partial charge in [-0.2, -0.15) is 0 Å². The average molecular weight is 488 g/mol. The van der Waals surface area contributed by atoms with E-state index in [1.54, 1.807) is 0 Å². The average Bonchev–Trinajstić information content (AvgIpc) is 3.63. The lowest BCUT2D eigenvalue weighted by Crippen LogP contribution is -2.41. The molecule has 4 unspecified atom stereocenters. The third kappa shape index (κ3) is 3.99. The van der Waals surface area contributed by atoms with Gasteiger partial charge in [-0.3, -0.25) is 19.3 Å². The molecule has 2 aromatic carbocycles. The summed E-state index contributed by atoms with van der Waals surface area (Å²) in [5.74, 6) is -0.408. The second-order valence-corrected chi connectivity index (χ2v) is 10.9. The highest BCUT2D eigenvalue weighted by molar-refractivity contribution is 6.06. The molecule has 3 amide bonds. The first-order chi connectivity index (χ1) is 17.3. The van der Waals surface area contributed by atoms with Gasteiger partial charge in [0.05, 0.1) is 24.0 Å². The Kier molecular flexibility index (Phi) is 5.44. The van der Waals surface area contributed by atoms with Crippen molar-refractivity contribution in [2.45, 2.75) is 51.7 Å². The molecule has 0 spiro atoms. The molecule has 36 heavy (non-hydrogen) atoms. The number of amides is 3. The first kappa shape index (κ1) is 22.9. The van der Waals surface area contributed by atoms with E-state index in [0.29, 0.717) is 24.5 Å². The van der Waals surface area contributed by atoms with E-state index >= 15 is 0 Å². The number of imide groups is 1. The van der Waals surface area contributed by atoms with Gasteiger partial charge in [0.15, 0.2) is 5.58 Å². The van der Waals surface area contributed by atoms with E-state index in [2.05, 4.69) is 10.3 Å². The number of ether oxygens (including phenoxy) is 1. The fourth-order valence-electron chi connectivity index (χ4n) is 5.80. The summed E-state index contributed by atoms with van der Waals surface area (Å²) in [6.45, 7) is 4.31. The zero-order valence-corrected chi connectivity index (χ0v) is 20.4. The van der Waals surface area contributed by atoms with Crippen LogP contribution in [0.4, 0.5) is 5.69 Å². The van der Waals surface area contributed by atoms with Crippen molar-refractivity contribution in [3.05, 3.63) is 48.5 Å². The lowest BCUT2D eigenvalue weighted by molar-refractivity contribution is -0.144. The van der Waals surface area contributed by atoms with Crippen LogP contribution in [-0.4, -0.2) is 46.4 Å². The highest BCUT2D eigenvalue weighted by Gasteiger charge is 2.62. The molecule has 3 aliphatic rings. The van der Waals surface area contributed by atoms with Crippen molar-refractivity contribution in [1.29, 1.82) is 0 Å². The number of hydrogen-bond acceptors (Lipinski definition) is 6. The third-order valence-corrected chi connectivity index (χ3v) is 7.70. The molecule has 8 heteroatoms. The van der Waals surface area contributed by atoms with Crippen LogP contribution in [0.1, 0.15) is 39.5 Å². The minimum atomic E-state index is -0.377. The Balaban J connectivity index is 1.03. The predicted molar refractivity (Wildman–Crippen MR) is 133 cm³/mol. The van der Waals surface area contributed by atoms with E-state index in [0.717, 1.165) is 29.5 Å². The van der Waals surface area contributed by atoms with Crippen LogP contribution in [0, 0.1) is 17.3 Å². The Labute approximate surface area is 209 Å². The highest BCUT2D eigenvalue weighted by atomic mass is 16.5. The largest absolute Gasteiger partial charge is 0.436 e. The number of rotatable bonds is 7. The van der Waals surface area contributed by atoms with Crippen LogP contribution in [0.3, 0.4) is 0 Å². The van der Waals surface area contributed by atoms with Gasteiger partial charge in [0.25, 0.3) is 0 Å². The molecule has 1 N–H and O–H groups in total. The summed E-state index contributed by atoms with van der Waals surface area (Å²) in [7, 11) is 0. The van der Waals surface area contributed by atoms with E-state index in [-0.39, 0.29) is 53.6 Å². The zero-order valence-electron chi connectivity index (χ0n) is 20.4. The molecule has 3 aliphatic heterocycles. The molecule has 0 radical (unpaired) electrons. The van der Waals surface area contributed by atoms with Crippen molar-refractivity contribution in [2.24, 2.45) is 17.3 Å². The van der Waals surface area contributed by atoms with Crippen LogP contribution in [0.2, 0.25) is 0 Å². The Morgan fingerprint density at radius 2 is 1.69 bits per heavy atom. The van der Waals surface area contributed by atoms with Gasteiger partial charge in [0.1, 0.15) is 5.52 Å². The molecule has 3 saturated heterocycles. The minimum Gasteiger partial charge on any atom is -0.436 e. The Morgan fingerprint density at radius 1 is 1.03 bits per heavy atom. The van der Waals surface area contributed by atoms with Gasteiger partial charge in [-0.15, -0.1) is 0 Å². The number of aromatic nitrogens is 1. The third-order valence-electron chi connectivity index (χ3n) is 7.70. The standard InChI is InChI=1S/C28H29N3O5/c1-28(2,15-31-26(33)23-20-11-12-21(35-20)24(23)27(31)34)14-13-22(32)29-17-9-7-16(8-10-17)25-30-18-5-3-4-6-19(18)36-25/h3-10,20-21,23-24H,11-15H2,1-2H3,(H,29,32). The molecule has 4 heterocycles. The molecule has 8 nitrogen and oxygen atoms in total. The van der Waals surface area contributed by atoms with Crippen molar-refractivity contribution < 1.29 is 23.5 Å². The van der Waals surface area contributed by atoms with Crippen molar-refractivity contribution >= 4 is 34.5 Å². The maximum absolute atomic E-state index is 13.0. The van der Waals surface area contributed by atoms with Crippen molar-refractivity contribution in [3.63, 3.8) is 0 Å². The maximum Gasteiger partial charge on any atom is 0.235 e. The van der Waals surface area contributed by atoms with Crippen molar-refractivity contribution in [2.75, 3.05) is 11.9 Å². The van der Waals surface area contributed by atoms with Gasteiger partial charge in [-0.1, -0.05) is 26.0 Å². The predicted octanol–water partition coefficient (Wildman–Crippen LogP) is 4.40. The summed E-state index contributed by atoms with van der Waals surface area (Å²) in [6, 6.07) is 15.0. The lowest BCUT2D eigenvalue weighted by atomic mass is 9.81. The fraction of sp³-hybridized carbons (Fsp3) is 0.429. The molecule has 4 atom stereocenters. The molecule has 3 aromatic rings. The first-order valence-corrected chi connectivity index (χ1v) is 12.6. The molecule has 186 valence electrons. The van der Waals surface area contributed by atoms with Gasteiger partial charge in [0.2, 0.25) is 23.6 Å². The molecular weight excluding hydrogens is 458 g/mol. The first-order valence-electron chi connectivity index (χ1n) is 12.6. The summed E-state index contributed by atoms with van der Waals surface area (Å²) < 4.78 is 11.6. The number of nitrogens with zero attached hydrogens (tertiary/aromatic N) is 2. The maximum atomic E-state index is 13.0. The number of nitrogens with one attached hydrogen (secondary N) is 1. The van der Waals surface area contributed by atoms with Crippen LogP contribution in [0.15, 0.2) is 52.9 Å². The Morgan fingerprint density at radius 3 is 2.36 bits per heavy atom. The molecule has 0 aliphatic carbocycles. The van der Waals surface area contributed by atoms with Crippen LogP contribution >= 0.6 is 0 Å². The van der Waals surface area contributed by atoms with Crippen molar-refractivity contribution in [3.8, 4) is 11.5 Å². The summed E-state index contributed by atoms with van der Waals surface area (Å²) in [5, 5.41) is 2.93. The van der Waals surface area contributed by atoms with Crippen LogP contribution in [0.25, 0.3) is 22.6 Å². The number of oxazole rings is 1. The van der Waals surface area contributed by atoms with Gasteiger partial charge < -0.3 is 14.5 Å². The van der Waals surface area contributed by atoms with Gasteiger partial charge in [0, 0.05) is 24.2 Å². The second-order valence-electron chi connectivity index (χ2n) is 10.9. The van der Waals surface area contributed by atoms with E-state index < -0.39 is 0 Å². The van der Waals surface area contributed by atoms with Crippen molar-refractivity contribution in [1.82, 2.24) is 9.88 Å². The van der Waals surface area contributed by atoms with Gasteiger partial charge in [-0.25, -0.2) is 4.98 Å². The highest BCUT2D eigenvalue weighted by Crippen LogP contribution is 2.49.